The minimum Gasteiger partial charge on any atom is -0.496 e. The van der Waals surface area contributed by atoms with Crippen LogP contribution in [0.2, 0.25) is 0 Å². The number of hydrogen-bond acceptors (Lipinski definition) is 3. The van der Waals surface area contributed by atoms with Crippen molar-refractivity contribution in [2.45, 2.75) is 0 Å². The van der Waals surface area contributed by atoms with Crippen molar-refractivity contribution < 1.29 is 13.5 Å². The van der Waals surface area contributed by atoms with Gasteiger partial charge in [0.05, 0.1) is 22.6 Å². The molecule has 21 heavy (non-hydrogen) atoms. The lowest BCUT2D eigenvalue weighted by Gasteiger charge is -2.06. The summed E-state index contributed by atoms with van der Waals surface area (Å²) in [6, 6.07) is 7.53. The Hall–Kier alpha value is -2.15. The Kier molecular flexibility index (Phi) is 3.50. The molecule has 3 aromatic rings. The summed E-state index contributed by atoms with van der Waals surface area (Å²) >= 11 is 3.38. The second-order valence-corrected chi connectivity index (χ2v) is 5.20. The maximum Gasteiger partial charge on any atom is 0.205 e. The molecule has 0 unspecified atom stereocenters. The molecule has 0 radical (unpaired) electrons. The fourth-order valence-corrected chi connectivity index (χ4v) is 2.49. The third kappa shape index (κ3) is 2.69. The third-order valence-corrected chi connectivity index (χ3v) is 3.56. The average molecular weight is 354 g/mol. The van der Waals surface area contributed by atoms with E-state index in [0.29, 0.717) is 22.7 Å². The monoisotopic (exact) mass is 353 g/mol. The predicted molar refractivity (Wildman–Crippen MR) is 80.0 cm³/mol. The van der Waals surface area contributed by atoms with Crippen LogP contribution >= 0.6 is 15.9 Å². The Morgan fingerprint density at radius 2 is 1.95 bits per heavy atom. The lowest BCUT2D eigenvalue weighted by Crippen LogP contribution is -1.93. The topological polar surface area (TPSA) is 49.9 Å². The molecular weight excluding hydrogens is 344 g/mol. The zero-order chi connectivity index (χ0) is 15.0. The summed E-state index contributed by atoms with van der Waals surface area (Å²) in [5.41, 5.74) is 1.52. The first-order valence-electron chi connectivity index (χ1n) is 6.02. The van der Waals surface area contributed by atoms with Gasteiger partial charge in [-0.15, -0.1) is 0 Å². The highest BCUT2D eigenvalue weighted by molar-refractivity contribution is 9.10. The van der Waals surface area contributed by atoms with Crippen molar-refractivity contribution in [2.24, 2.45) is 0 Å². The number of hydrogen-bond donors (Lipinski definition) is 2. The lowest BCUT2D eigenvalue weighted by molar-refractivity contribution is 0.412. The van der Waals surface area contributed by atoms with E-state index < -0.39 is 11.6 Å². The molecule has 0 spiro atoms. The van der Waals surface area contributed by atoms with Gasteiger partial charge in [-0.05, 0) is 34.1 Å². The van der Waals surface area contributed by atoms with E-state index >= 15 is 0 Å². The second-order valence-electron chi connectivity index (χ2n) is 4.34. The highest BCUT2D eigenvalue weighted by Crippen LogP contribution is 2.29. The first-order chi connectivity index (χ1) is 10.1. The molecule has 7 heteroatoms. The van der Waals surface area contributed by atoms with Crippen LogP contribution in [-0.4, -0.2) is 17.1 Å². The van der Waals surface area contributed by atoms with Crippen LogP contribution in [0.3, 0.4) is 0 Å². The fourth-order valence-electron chi connectivity index (χ4n) is 1.94. The number of methoxy groups -OCH3 is 1. The summed E-state index contributed by atoms with van der Waals surface area (Å²) in [6.07, 6.45) is 0. The summed E-state index contributed by atoms with van der Waals surface area (Å²) in [6.45, 7) is 0. The van der Waals surface area contributed by atoms with Gasteiger partial charge in [0.1, 0.15) is 5.75 Å². The molecule has 1 aromatic heterocycles. The van der Waals surface area contributed by atoms with Gasteiger partial charge in [-0.1, -0.05) is 0 Å². The van der Waals surface area contributed by atoms with Crippen molar-refractivity contribution in [2.75, 3.05) is 12.4 Å². The van der Waals surface area contributed by atoms with E-state index in [4.69, 9.17) is 4.74 Å². The summed E-state index contributed by atoms with van der Waals surface area (Å²) < 4.78 is 32.2. The minimum absolute atomic E-state index is 0.351. The number of rotatable bonds is 3. The molecule has 0 aliphatic heterocycles. The number of nitrogens with one attached hydrogen (secondary N) is 2. The molecule has 108 valence electrons. The van der Waals surface area contributed by atoms with Gasteiger partial charge in [0.15, 0.2) is 11.6 Å². The Morgan fingerprint density at radius 3 is 2.67 bits per heavy atom. The van der Waals surface area contributed by atoms with Gasteiger partial charge in [-0.25, -0.2) is 13.8 Å². The van der Waals surface area contributed by atoms with E-state index in [1.165, 1.54) is 0 Å². The van der Waals surface area contributed by atoms with E-state index in [9.17, 15) is 8.78 Å². The summed E-state index contributed by atoms with van der Waals surface area (Å²) in [4.78, 5) is 7.05. The van der Waals surface area contributed by atoms with Crippen LogP contribution in [0.5, 0.6) is 5.75 Å². The molecule has 3 rings (SSSR count). The number of fused-ring (bicyclic) bond motifs is 1. The van der Waals surface area contributed by atoms with Gasteiger partial charge < -0.3 is 15.0 Å². The first kappa shape index (κ1) is 13.8. The second kappa shape index (κ2) is 5.33. The molecule has 0 aliphatic carbocycles. The van der Waals surface area contributed by atoms with E-state index in [0.717, 1.165) is 22.3 Å². The third-order valence-electron chi connectivity index (χ3n) is 2.94. The number of ether oxygens (including phenoxy) is 1. The molecule has 0 aliphatic rings. The largest absolute Gasteiger partial charge is 0.496 e. The Bertz CT molecular complexity index is 780. The number of H-pyrrole nitrogens is 1. The fraction of sp³-hybridized carbons (Fsp3) is 0.0714. The van der Waals surface area contributed by atoms with E-state index in [1.807, 2.05) is 6.07 Å². The molecule has 0 saturated heterocycles. The number of anilines is 2. The predicted octanol–water partition coefficient (Wildman–Crippen LogP) is 4.36. The Labute approximate surface area is 127 Å². The van der Waals surface area contributed by atoms with Crippen LogP contribution in [-0.2, 0) is 0 Å². The van der Waals surface area contributed by atoms with Gasteiger partial charge in [0.25, 0.3) is 0 Å². The van der Waals surface area contributed by atoms with Crippen molar-refractivity contribution >= 4 is 38.6 Å². The average Bonchev–Trinajstić information content (AvgIpc) is 2.81. The molecular formula is C14H10BrF2N3O. The van der Waals surface area contributed by atoms with Crippen LogP contribution in [0.4, 0.5) is 20.4 Å². The van der Waals surface area contributed by atoms with Crippen molar-refractivity contribution in [3.63, 3.8) is 0 Å². The van der Waals surface area contributed by atoms with Gasteiger partial charge in [-0.3, -0.25) is 0 Å². The summed E-state index contributed by atoms with van der Waals surface area (Å²) in [7, 11) is 1.58. The van der Waals surface area contributed by atoms with Crippen LogP contribution in [0, 0.1) is 11.6 Å². The highest BCUT2D eigenvalue weighted by atomic mass is 79.9. The highest BCUT2D eigenvalue weighted by Gasteiger charge is 2.09. The number of nitrogens with zero attached hydrogens (tertiary/aromatic N) is 1. The Morgan fingerprint density at radius 1 is 1.19 bits per heavy atom. The zero-order valence-corrected chi connectivity index (χ0v) is 12.5. The maximum atomic E-state index is 13.2. The van der Waals surface area contributed by atoms with E-state index in [1.54, 1.807) is 19.2 Å². The summed E-state index contributed by atoms with van der Waals surface area (Å²) in [5.74, 6) is -0.737. The van der Waals surface area contributed by atoms with Gasteiger partial charge in [-0.2, -0.15) is 0 Å². The zero-order valence-electron chi connectivity index (χ0n) is 10.9. The SMILES string of the molecule is COc1ccc(Nc2nc3cc(F)c(F)cc3[nH]2)cc1Br. The number of imidazole rings is 1. The summed E-state index contributed by atoms with van der Waals surface area (Å²) in [5, 5.41) is 3.03. The van der Waals surface area contributed by atoms with Crippen LogP contribution < -0.4 is 10.1 Å². The van der Waals surface area contributed by atoms with Crippen molar-refractivity contribution in [3.8, 4) is 5.75 Å². The smallest absolute Gasteiger partial charge is 0.205 e. The number of halogens is 3. The van der Waals surface area contributed by atoms with Crippen molar-refractivity contribution in [1.29, 1.82) is 0 Å². The molecule has 0 fully saturated rings. The molecule has 2 aromatic carbocycles. The molecule has 0 atom stereocenters. The number of aromatic nitrogens is 2. The van der Waals surface area contributed by atoms with E-state index in [-0.39, 0.29) is 0 Å². The first-order valence-corrected chi connectivity index (χ1v) is 6.81. The molecule has 2 N–H and O–H groups in total. The maximum absolute atomic E-state index is 13.2. The molecule has 4 nitrogen and oxygen atoms in total. The van der Waals surface area contributed by atoms with E-state index in [2.05, 4.69) is 31.2 Å². The molecule has 0 amide bonds. The van der Waals surface area contributed by atoms with Crippen molar-refractivity contribution in [3.05, 3.63) is 46.4 Å². The van der Waals surface area contributed by atoms with Gasteiger partial charge >= 0.3 is 0 Å². The molecule has 0 bridgehead atoms. The molecule has 1 heterocycles. The lowest BCUT2D eigenvalue weighted by atomic mass is 10.3. The minimum atomic E-state index is -0.923. The standard InChI is InChI=1S/C14H10BrF2N3O/c1-21-13-3-2-7(4-8(13)15)18-14-19-11-5-9(16)10(17)6-12(11)20-14/h2-6H,1H3,(H2,18,19,20). The van der Waals surface area contributed by atoms with Crippen LogP contribution in [0.1, 0.15) is 0 Å². The van der Waals surface area contributed by atoms with Crippen LogP contribution in [0.25, 0.3) is 11.0 Å². The van der Waals surface area contributed by atoms with Gasteiger partial charge in [0.2, 0.25) is 5.95 Å². The molecule has 0 saturated carbocycles. The Balaban J connectivity index is 1.92. The van der Waals surface area contributed by atoms with Crippen molar-refractivity contribution in [1.82, 2.24) is 9.97 Å². The quantitative estimate of drug-likeness (QED) is 0.735. The van der Waals surface area contributed by atoms with Crippen LogP contribution in [0.15, 0.2) is 34.8 Å². The van der Waals surface area contributed by atoms with Gasteiger partial charge in [0, 0.05) is 17.8 Å². The number of aromatic amines is 1. The number of benzene rings is 2. The normalized spacial score (nSPS) is 10.9.